The summed E-state index contributed by atoms with van der Waals surface area (Å²) in [7, 11) is 0. The fourth-order valence-electron chi connectivity index (χ4n) is 1.92. The zero-order chi connectivity index (χ0) is 10.1. The predicted octanol–water partition coefficient (Wildman–Crippen LogP) is -2.72. The van der Waals surface area contributed by atoms with Crippen LogP contribution in [0.2, 0.25) is 0 Å². The summed E-state index contributed by atoms with van der Waals surface area (Å²) in [6.45, 7) is 1.53. The SMILES string of the molecule is O=C1CN(C2CNCC2O)CC(=O)N1. The molecule has 2 aliphatic heterocycles. The molecular formula is C8H13N3O3. The summed E-state index contributed by atoms with van der Waals surface area (Å²) in [5.41, 5.74) is 0. The van der Waals surface area contributed by atoms with Crippen LogP contribution in [-0.4, -0.2) is 60.1 Å². The highest BCUT2D eigenvalue weighted by atomic mass is 16.3. The third-order valence-corrected chi connectivity index (χ3v) is 2.59. The predicted molar refractivity (Wildman–Crippen MR) is 47.4 cm³/mol. The molecule has 6 nitrogen and oxygen atoms in total. The molecule has 2 heterocycles. The maximum atomic E-state index is 11.1. The molecule has 0 spiro atoms. The molecule has 0 aromatic heterocycles. The van der Waals surface area contributed by atoms with Gasteiger partial charge in [-0.15, -0.1) is 0 Å². The second-order valence-electron chi connectivity index (χ2n) is 3.67. The minimum Gasteiger partial charge on any atom is -0.390 e. The molecule has 6 heteroatoms. The highest BCUT2D eigenvalue weighted by Gasteiger charge is 2.35. The van der Waals surface area contributed by atoms with E-state index in [0.29, 0.717) is 13.1 Å². The van der Waals surface area contributed by atoms with E-state index in [1.807, 2.05) is 0 Å². The lowest BCUT2D eigenvalue weighted by atomic mass is 10.1. The maximum absolute atomic E-state index is 11.1. The van der Waals surface area contributed by atoms with Crippen molar-refractivity contribution in [2.75, 3.05) is 26.2 Å². The molecule has 0 aliphatic carbocycles. The molecule has 0 radical (unpaired) electrons. The van der Waals surface area contributed by atoms with Gasteiger partial charge in [-0.1, -0.05) is 0 Å². The molecule has 0 aromatic rings. The molecule has 0 saturated carbocycles. The number of β-amino-alcohol motifs (C(OH)–C–C–N with tert-alkyl or cyclic N) is 1. The van der Waals surface area contributed by atoms with E-state index in [1.54, 1.807) is 4.90 Å². The van der Waals surface area contributed by atoms with E-state index in [1.165, 1.54) is 0 Å². The van der Waals surface area contributed by atoms with Crippen LogP contribution in [0.4, 0.5) is 0 Å². The molecular weight excluding hydrogens is 186 g/mol. The summed E-state index contributed by atoms with van der Waals surface area (Å²) >= 11 is 0. The van der Waals surface area contributed by atoms with Crippen LogP contribution in [0.3, 0.4) is 0 Å². The van der Waals surface area contributed by atoms with Crippen LogP contribution in [0.25, 0.3) is 0 Å². The van der Waals surface area contributed by atoms with Gasteiger partial charge in [-0.05, 0) is 0 Å². The number of aliphatic hydroxyl groups is 1. The lowest BCUT2D eigenvalue weighted by Gasteiger charge is -2.31. The lowest BCUT2D eigenvalue weighted by Crippen LogP contribution is -2.57. The number of aliphatic hydroxyl groups excluding tert-OH is 1. The average molecular weight is 199 g/mol. The first-order chi connectivity index (χ1) is 6.66. The number of carbonyl (C=O) groups is 2. The van der Waals surface area contributed by atoms with Gasteiger partial charge in [-0.3, -0.25) is 19.8 Å². The van der Waals surface area contributed by atoms with Crippen LogP contribution in [0.1, 0.15) is 0 Å². The first-order valence-electron chi connectivity index (χ1n) is 4.62. The van der Waals surface area contributed by atoms with E-state index >= 15 is 0 Å². The molecule has 2 saturated heterocycles. The Morgan fingerprint density at radius 2 is 1.86 bits per heavy atom. The van der Waals surface area contributed by atoms with E-state index in [9.17, 15) is 14.7 Å². The Hall–Kier alpha value is -0.980. The Morgan fingerprint density at radius 3 is 2.36 bits per heavy atom. The Labute approximate surface area is 81.3 Å². The van der Waals surface area contributed by atoms with Gasteiger partial charge in [0.05, 0.1) is 25.2 Å². The molecule has 0 aromatic carbocycles. The number of piperazine rings is 1. The van der Waals surface area contributed by atoms with E-state index in [2.05, 4.69) is 10.6 Å². The number of imide groups is 1. The summed E-state index contributed by atoms with van der Waals surface area (Å²) in [6.07, 6.45) is -0.492. The van der Waals surface area contributed by atoms with Crippen molar-refractivity contribution in [1.82, 2.24) is 15.5 Å². The normalized spacial score (nSPS) is 34.6. The van der Waals surface area contributed by atoms with Gasteiger partial charge in [-0.25, -0.2) is 0 Å². The van der Waals surface area contributed by atoms with Crippen molar-refractivity contribution in [3.05, 3.63) is 0 Å². The zero-order valence-corrected chi connectivity index (χ0v) is 7.69. The first kappa shape index (κ1) is 9.57. The smallest absolute Gasteiger partial charge is 0.240 e. The van der Waals surface area contributed by atoms with Gasteiger partial charge in [0.2, 0.25) is 11.8 Å². The van der Waals surface area contributed by atoms with Crippen LogP contribution >= 0.6 is 0 Å². The summed E-state index contributed by atoms with van der Waals surface area (Å²) in [5, 5.41) is 14.8. The summed E-state index contributed by atoms with van der Waals surface area (Å²) in [5.74, 6) is -0.583. The minimum absolute atomic E-state index is 0.120. The third kappa shape index (κ3) is 1.77. The van der Waals surface area contributed by atoms with Gasteiger partial charge >= 0.3 is 0 Å². The molecule has 3 N–H and O–H groups in total. The van der Waals surface area contributed by atoms with Crippen molar-refractivity contribution in [2.45, 2.75) is 12.1 Å². The number of hydrogen-bond acceptors (Lipinski definition) is 5. The van der Waals surface area contributed by atoms with Crippen molar-refractivity contribution >= 4 is 11.8 Å². The monoisotopic (exact) mass is 199 g/mol. The van der Waals surface area contributed by atoms with Crippen LogP contribution in [-0.2, 0) is 9.59 Å². The van der Waals surface area contributed by atoms with Crippen LogP contribution in [0, 0.1) is 0 Å². The largest absolute Gasteiger partial charge is 0.390 e. The molecule has 78 valence electrons. The van der Waals surface area contributed by atoms with Crippen molar-refractivity contribution in [3.63, 3.8) is 0 Å². The van der Waals surface area contributed by atoms with E-state index in [4.69, 9.17) is 0 Å². The number of nitrogens with one attached hydrogen (secondary N) is 2. The number of carbonyl (C=O) groups excluding carboxylic acids is 2. The van der Waals surface area contributed by atoms with Crippen LogP contribution < -0.4 is 10.6 Å². The molecule has 2 atom stereocenters. The molecule has 2 amide bonds. The number of rotatable bonds is 1. The highest BCUT2D eigenvalue weighted by Crippen LogP contribution is 2.10. The Morgan fingerprint density at radius 1 is 1.21 bits per heavy atom. The van der Waals surface area contributed by atoms with Crippen molar-refractivity contribution in [3.8, 4) is 0 Å². The summed E-state index contributed by atoms with van der Waals surface area (Å²) < 4.78 is 0. The summed E-state index contributed by atoms with van der Waals surface area (Å²) in [4.78, 5) is 23.9. The third-order valence-electron chi connectivity index (χ3n) is 2.59. The van der Waals surface area contributed by atoms with Gasteiger partial charge in [0, 0.05) is 13.1 Å². The van der Waals surface area contributed by atoms with Gasteiger partial charge in [-0.2, -0.15) is 0 Å². The van der Waals surface area contributed by atoms with E-state index in [0.717, 1.165) is 0 Å². The minimum atomic E-state index is -0.492. The molecule has 2 rings (SSSR count). The zero-order valence-electron chi connectivity index (χ0n) is 7.69. The van der Waals surface area contributed by atoms with Gasteiger partial charge in [0.1, 0.15) is 0 Å². The van der Waals surface area contributed by atoms with Gasteiger partial charge < -0.3 is 10.4 Å². The van der Waals surface area contributed by atoms with Crippen molar-refractivity contribution in [2.24, 2.45) is 0 Å². The van der Waals surface area contributed by atoms with Crippen molar-refractivity contribution < 1.29 is 14.7 Å². The Bertz CT molecular complexity index is 253. The molecule has 0 bridgehead atoms. The molecule has 2 aliphatic rings. The van der Waals surface area contributed by atoms with Gasteiger partial charge in [0.25, 0.3) is 0 Å². The second-order valence-corrected chi connectivity index (χ2v) is 3.67. The van der Waals surface area contributed by atoms with E-state index in [-0.39, 0.29) is 30.9 Å². The number of hydrogen-bond donors (Lipinski definition) is 3. The fraction of sp³-hybridized carbons (Fsp3) is 0.750. The average Bonchev–Trinajstić information content (AvgIpc) is 2.49. The quantitative estimate of drug-likeness (QED) is 0.400. The molecule has 14 heavy (non-hydrogen) atoms. The van der Waals surface area contributed by atoms with Crippen molar-refractivity contribution in [1.29, 1.82) is 0 Å². The van der Waals surface area contributed by atoms with Gasteiger partial charge in [0.15, 0.2) is 0 Å². The Kier molecular flexibility index (Phi) is 2.49. The summed E-state index contributed by atoms with van der Waals surface area (Å²) in [6, 6.07) is -0.120. The molecule has 2 fully saturated rings. The fourth-order valence-corrected chi connectivity index (χ4v) is 1.92. The Balaban J connectivity index is 2.02. The first-order valence-corrected chi connectivity index (χ1v) is 4.62. The number of nitrogens with zero attached hydrogens (tertiary/aromatic N) is 1. The number of amides is 2. The maximum Gasteiger partial charge on any atom is 0.240 e. The van der Waals surface area contributed by atoms with E-state index < -0.39 is 6.10 Å². The van der Waals surface area contributed by atoms with Crippen LogP contribution in [0.15, 0.2) is 0 Å². The highest BCUT2D eigenvalue weighted by molar-refractivity contribution is 5.99. The second kappa shape index (κ2) is 3.64. The lowest BCUT2D eigenvalue weighted by molar-refractivity contribution is -0.137. The molecule has 2 unspecified atom stereocenters. The topological polar surface area (TPSA) is 81.7 Å². The standard InChI is InChI=1S/C8H13N3O3/c12-6-2-9-1-5(6)11-3-7(13)10-8(14)4-11/h5-6,9,12H,1-4H2,(H,10,13,14). The van der Waals surface area contributed by atoms with Crippen LogP contribution in [0.5, 0.6) is 0 Å².